The summed E-state index contributed by atoms with van der Waals surface area (Å²) in [5, 5.41) is 7.02. The number of nitrogens with one attached hydrogen (secondary N) is 1. The van der Waals surface area contributed by atoms with Gasteiger partial charge in [-0.2, -0.15) is 10.1 Å². The number of fused-ring (bicyclic) bond motifs is 1. The Morgan fingerprint density at radius 3 is 2.79 bits per heavy atom. The number of halogens is 1. The fourth-order valence-electron chi connectivity index (χ4n) is 1.91. The van der Waals surface area contributed by atoms with Gasteiger partial charge in [-0.05, 0) is 17.6 Å². The molecule has 10 heteroatoms. The summed E-state index contributed by atoms with van der Waals surface area (Å²) in [6.45, 7) is 7.74. The Labute approximate surface area is 146 Å². The van der Waals surface area contributed by atoms with Crippen molar-refractivity contribution in [3.63, 3.8) is 0 Å². The first-order chi connectivity index (χ1) is 11.3. The van der Waals surface area contributed by atoms with Gasteiger partial charge in [-0.25, -0.2) is 4.98 Å². The van der Waals surface area contributed by atoms with E-state index in [0.717, 1.165) is 6.04 Å². The number of rotatable bonds is 8. The monoisotopic (exact) mass is 371 g/mol. The first-order valence-corrected chi connectivity index (χ1v) is 11.7. The minimum Gasteiger partial charge on any atom is -0.479 e. The van der Waals surface area contributed by atoms with Crippen LogP contribution in [0.25, 0.3) is 11.0 Å². The minimum absolute atomic E-state index is 0.0501. The second kappa shape index (κ2) is 7.91. The summed E-state index contributed by atoms with van der Waals surface area (Å²) >= 11 is 5.82. The van der Waals surface area contributed by atoms with Crippen LogP contribution >= 0.6 is 11.6 Å². The molecule has 2 heterocycles. The third kappa shape index (κ3) is 5.43. The molecule has 0 saturated heterocycles. The topological polar surface area (TPSA) is 91.2 Å². The molecule has 0 bridgehead atoms. The Morgan fingerprint density at radius 2 is 2.12 bits per heavy atom. The van der Waals surface area contributed by atoms with Crippen LogP contribution in [-0.4, -0.2) is 54.2 Å². The first kappa shape index (κ1) is 18.6. The predicted molar refractivity (Wildman–Crippen MR) is 94.0 cm³/mol. The number of amides is 1. The van der Waals surface area contributed by atoms with E-state index in [1.165, 1.54) is 11.8 Å². The molecule has 0 unspecified atom stereocenters. The molecule has 24 heavy (non-hydrogen) atoms. The lowest BCUT2D eigenvalue weighted by Gasteiger charge is -2.15. The van der Waals surface area contributed by atoms with Crippen molar-refractivity contribution < 1.29 is 14.3 Å². The number of hydrogen-bond donors (Lipinski definition) is 1. The molecule has 0 atom stereocenters. The maximum absolute atomic E-state index is 11.9. The molecule has 2 aromatic rings. The van der Waals surface area contributed by atoms with Crippen LogP contribution in [-0.2, 0) is 16.1 Å². The van der Waals surface area contributed by atoms with E-state index in [2.05, 4.69) is 40.0 Å². The molecule has 0 aliphatic rings. The van der Waals surface area contributed by atoms with Gasteiger partial charge < -0.3 is 14.8 Å². The van der Waals surface area contributed by atoms with Crippen molar-refractivity contribution in [1.82, 2.24) is 25.1 Å². The van der Waals surface area contributed by atoms with Gasteiger partial charge in [0.2, 0.25) is 17.1 Å². The molecule has 0 fully saturated rings. The molecule has 0 aliphatic heterocycles. The molecular formula is C14H22ClN5O3Si. The van der Waals surface area contributed by atoms with E-state index in [1.807, 2.05) is 0 Å². The van der Waals surface area contributed by atoms with E-state index < -0.39 is 8.07 Å². The lowest BCUT2D eigenvalue weighted by molar-refractivity contribution is -0.123. The summed E-state index contributed by atoms with van der Waals surface area (Å²) < 4.78 is 12.0. The van der Waals surface area contributed by atoms with E-state index >= 15 is 0 Å². The zero-order valence-electron chi connectivity index (χ0n) is 14.3. The number of ether oxygens (including phenoxy) is 2. The van der Waals surface area contributed by atoms with Crippen molar-refractivity contribution in [2.24, 2.45) is 0 Å². The number of carbonyl (C=O) groups excluding carboxylic acids is 1. The standard InChI is InChI=1S/C14H22ClN5O3Si/c1-22-13-12-10(17-14(15)18-13)7-20(19-12)8-11(21)16-9-23-5-6-24(2,3)4/h7H,5-6,8-9H2,1-4H3,(H,16,21). The Hall–Kier alpha value is -1.71. The highest BCUT2D eigenvalue weighted by Crippen LogP contribution is 2.21. The van der Waals surface area contributed by atoms with Gasteiger partial charge in [-0.1, -0.05) is 19.6 Å². The molecular weight excluding hydrogens is 350 g/mol. The Morgan fingerprint density at radius 1 is 1.38 bits per heavy atom. The minimum atomic E-state index is -1.12. The average molecular weight is 372 g/mol. The van der Waals surface area contributed by atoms with E-state index in [9.17, 15) is 4.79 Å². The van der Waals surface area contributed by atoms with Crippen molar-refractivity contribution >= 4 is 36.6 Å². The van der Waals surface area contributed by atoms with E-state index in [-0.39, 0.29) is 30.3 Å². The maximum atomic E-state index is 11.9. The van der Waals surface area contributed by atoms with Crippen molar-refractivity contribution in [1.29, 1.82) is 0 Å². The second-order valence-electron chi connectivity index (χ2n) is 6.53. The predicted octanol–water partition coefficient (Wildman–Crippen LogP) is 1.92. The molecule has 1 amide bonds. The summed E-state index contributed by atoms with van der Waals surface area (Å²) in [5.41, 5.74) is 0.979. The van der Waals surface area contributed by atoms with E-state index in [1.54, 1.807) is 6.20 Å². The lowest BCUT2D eigenvalue weighted by atomic mass is 10.4. The summed E-state index contributed by atoms with van der Waals surface area (Å²) in [6.07, 6.45) is 1.62. The maximum Gasteiger partial charge on any atom is 0.246 e. The van der Waals surface area contributed by atoms with Gasteiger partial charge in [0.05, 0.1) is 13.3 Å². The SMILES string of the molecule is COc1nc(Cl)nc2cn(CC(=O)NCOCC[Si](C)(C)C)nc12. The molecule has 0 aromatic carbocycles. The number of hydrogen-bond acceptors (Lipinski definition) is 6. The summed E-state index contributed by atoms with van der Waals surface area (Å²) in [6, 6.07) is 1.06. The summed E-state index contributed by atoms with van der Waals surface area (Å²) in [4.78, 5) is 19.9. The van der Waals surface area contributed by atoms with Crippen LogP contribution in [0.4, 0.5) is 0 Å². The van der Waals surface area contributed by atoms with Crippen LogP contribution in [0.2, 0.25) is 31.0 Å². The number of carbonyl (C=O) groups is 1. The number of methoxy groups -OCH3 is 1. The van der Waals surface area contributed by atoms with Crippen LogP contribution in [0.1, 0.15) is 0 Å². The fourth-order valence-corrected chi connectivity index (χ4v) is 2.84. The highest BCUT2D eigenvalue weighted by atomic mass is 35.5. The molecule has 8 nitrogen and oxygen atoms in total. The van der Waals surface area contributed by atoms with Gasteiger partial charge in [0.1, 0.15) is 18.8 Å². The highest BCUT2D eigenvalue weighted by Gasteiger charge is 2.14. The normalized spacial score (nSPS) is 11.7. The quantitative estimate of drug-likeness (QED) is 0.330. The first-order valence-electron chi connectivity index (χ1n) is 7.57. The molecule has 0 saturated carbocycles. The average Bonchev–Trinajstić information content (AvgIpc) is 2.86. The Balaban J connectivity index is 1.87. The molecule has 1 N–H and O–H groups in total. The van der Waals surface area contributed by atoms with Crippen LogP contribution in [0, 0.1) is 0 Å². The van der Waals surface area contributed by atoms with Crippen molar-refractivity contribution in [3.8, 4) is 5.88 Å². The van der Waals surface area contributed by atoms with Crippen molar-refractivity contribution in [3.05, 3.63) is 11.5 Å². The van der Waals surface area contributed by atoms with Gasteiger partial charge in [0, 0.05) is 14.7 Å². The molecule has 0 aliphatic carbocycles. The smallest absolute Gasteiger partial charge is 0.246 e. The second-order valence-corrected chi connectivity index (χ2v) is 12.5. The molecule has 0 radical (unpaired) electrons. The summed E-state index contributed by atoms with van der Waals surface area (Å²) in [7, 11) is 0.358. The van der Waals surface area contributed by atoms with E-state index in [4.69, 9.17) is 21.1 Å². The van der Waals surface area contributed by atoms with Crippen molar-refractivity contribution in [2.45, 2.75) is 32.2 Å². The molecule has 2 aromatic heterocycles. The van der Waals surface area contributed by atoms with Crippen molar-refractivity contribution in [2.75, 3.05) is 20.4 Å². The van der Waals surface area contributed by atoms with Gasteiger partial charge in [0.15, 0.2) is 5.52 Å². The van der Waals surface area contributed by atoms with Crippen LogP contribution in [0.5, 0.6) is 5.88 Å². The zero-order chi connectivity index (χ0) is 17.7. The van der Waals surface area contributed by atoms with Crippen LogP contribution < -0.4 is 10.1 Å². The van der Waals surface area contributed by atoms with Crippen LogP contribution in [0.15, 0.2) is 6.20 Å². The van der Waals surface area contributed by atoms with E-state index in [0.29, 0.717) is 17.6 Å². The largest absolute Gasteiger partial charge is 0.479 e. The number of aromatic nitrogens is 4. The number of nitrogens with zero attached hydrogens (tertiary/aromatic N) is 4. The summed E-state index contributed by atoms with van der Waals surface area (Å²) in [5.74, 6) is 0.0765. The third-order valence-electron chi connectivity index (χ3n) is 3.22. The molecule has 0 spiro atoms. The van der Waals surface area contributed by atoms with Crippen LogP contribution in [0.3, 0.4) is 0 Å². The molecule has 132 valence electrons. The van der Waals surface area contributed by atoms with Gasteiger partial charge >= 0.3 is 0 Å². The zero-order valence-corrected chi connectivity index (χ0v) is 16.1. The highest BCUT2D eigenvalue weighted by molar-refractivity contribution is 6.76. The van der Waals surface area contributed by atoms with Gasteiger partial charge in [-0.3, -0.25) is 9.48 Å². The van der Waals surface area contributed by atoms with Gasteiger partial charge in [0.25, 0.3) is 0 Å². The van der Waals surface area contributed by atoms with Gasteiger partial charge in [-0.15, -0.1) is 0 Å². The lowest BCUT2D eigenvalue weighted by Crippen LogP contribution is -2.31. The fraction of sp³-hybridized carbons (Fsp3) is 0.571. The Bertz CT molecular complexity index is 716. The third-order valence-corrected chi connectivity index (χ3v) is 5.09. The Kier molecular flexibility index (Phi) is 6.14. The molecule has 2 rings (SSSR count).